The largest absolute Gasteiger partial charge is 0.495 e. The molecular weight excluding hydrogens is 424 g/mol. The Bertz CT molecular complexity index is 1190. The van der Waals surface area contributed by atoms with Crippen LogP contribution in [0.4, 0.5) is 11.5 Å². The summed E-state index contributed by atoms with van der Waals surface area (Å²) < 4.78 is 6.65. The molecule has 2 aromatic carbocycles. The molecule has 2 heterocycles. The highest BCUT2D eigenvalue weighted by Crippen LogP contribution is 2.35. The summed E-state index contributed by atoms with van der Waals surface area (Å²) in [6.45, 7) is 0. The fourth-order valence-corrected chi connectivity index (χ4v) is 3.49. The highest BCUT2D eigenvalue weighted by molar-refractivity contribution is 6.30. The Balaban J connectivity index is 1.67. The second kappa shape index (κ2) is 8.11. The third-order valence-electron chi connectivity index (χ3n) is 4.89. The van der Waals surface area contributed by atoms with Crippen molar-refractivity contribution in [3.63, 3.8) is 0 Å². The molecule has 0 spiro atoms. The van der Waals surface area contributed by atoms with Gasteiger partial charge in [0.2, 0.25) is 11.8 Å². The highest BCUT2D eigenvalue weighted by Gasteiger charge is 2.33. The Labute approximate surface area is 181 Å². The SMILES string of the molecule is COc1ccc(C(=O)O)cc1NC(=O)C1CC(=O)Nc2c(-c3ccc(Cl)cc3)cnn21. The number of aromatic carboxylic acids is 1. The second-order valence-electron chi connectivity index (χ2n) is 6.84. The fraction of sp³-hybridized carbons (Fsp3) is 0.143. The lowest BCUT2D eigenvalue weighted by Crippen LogP contribution is -2.36. The number of halogens is 1. The van der Waals surface area contributed by atoms with E-state index in [1.54, 1.807) is 30.5 Å². The summed E-state index contributed by atoms with van der Waals surface area (Å²) >= 11 is 5.95. The van der Waals surface area contributed by atoms with E-state index in [1.165, 1.54) is 30.0 Å². The number of ether oxygens (including phenoxy) is 1. The number of fused-ring (bicyclic) bond motifs is 1. The topological polar surface area (TPSA) is 123 Å². The second-order valence-corrected chi connectivity index (χ2v) is 7.27. The Morgan fingerprint density at radius 1 is 1.26 bits per heavy atom. The lowest BCUT2D eigenvalue weighted by atomic mass is 10.1. The number of carbonyl (C=O) groups is 3. The van der Waals surface area contributed by atoms with E-state index in [2.05, 4.69) is 15.7 Å². The summed E-state index contributed by atoms with van der Waals surface area (Å²) in [5, 5.41) is 19.5. The van der Waals surface area contributed by atoms with Crippen LogP contribution in [-0.4, -0.2) is 39.8 Å². The number of nitrogens with one attached hydrogen (secondary N) is 2. The quantitative estimate of drug-likeness (QED) is 0.558. The number of nitrogens with zero attached hydrogens (tertiary/aromatic N) is 2. The molecule has 0 aliphatic carbocycles. The number of anilines is 2. The van der Waals surface area contributed by atoms with Crippen molar-refractivity contribution in [3.8, 4) is 16.9 Å². The van der Waals surface area contributed by atoms with Crippen LogP contribution >= 0.6 is 11.6 Å². The maximum atomic E-state index is 13.0. The van der Waals surface area contributed by atoms with Crippen molar-refractivity contribution in [3.05, 3.63) is 59.2 Å². The molecule has 2 amide bonds. The standard InChI is InChI=1S/C21H17ClN4O5/c1-31-17-7-4-12(21(29)30)8-15(17)24-20(28)16-9-18(27)25-19-14(10-23-26(16)19)11-2-5-13(22)6-3-11/h2-8,10,16H,9H2,1H3,(H,24,28)(H,25,27)(H,29,30). The van der Waals surface area contributed by atoms with Crippen LogP contribution in [0, 0.1) is 0 Å². The van der Waals surface area contributed by atoms with E-state index in [4.69, 9.17) is 16.3 Å². The average molecular weight is 441 g/mol. The van der Waals surface area contributed by atoms with Crippen LogP contribution in [0.1, 0.15) is 22.8 Å². The predicted molar refractivity (Wildman–Crippen MR) is 114 cm³/mol. The van der Waals surface area contributed by atoms with E-state index in [0.29, 0.717) is 22.2 Å². The molecule has 9 nitrogen and oxygen atoms in total. The van der Waals surface area contributed by atoms with Gasteiger partial charge in [0.25, 0.3) is 0 Å². The maximum Gasteiger partial charge on any atom is 0.335 e. The minimum atomic E-state index is -1.14. The van der Waals surface area contributed by atoms with Gasteiger partial charge in [-0.2, -0.15) is 5.10 Å². The summed E-state index contributed by atoms with van der Waals surface area (Å²) in [7, 11) is 1.41. The minimum Gasteiger partial charge on any atom is -0.495 e. The van der Waals surface area contributed by atoms with E-state index in [-0.39, 0.29) is 23.6 Å². The molecule has 0 radical (unpaired) electrons. The molecule has 10 heteroatoms. The van der Waals surface area contributed by atoms with Gasteiger partial charge in [-0.15, -0.1) is 0 Å². The minimum absolute atomic E-state index is 0.0118. The number of carbonyl (C=O) groups excluding carboxylic acids is 2. The number of carboxylic acid groups (broad SMARTS) is 1. The molecule has 4 rings (SSSR count). The van der Waals surface area contributed by atoms with Crippen molar-refractivity contribution in [2.45, 2.75) is 12.5 Å². The van der Waals surface area contributed by atoms with E-state index < -0.39 is 17.9 Å². The van der Waals surface area contributed by atoms with Gasteiger partial charge in [-0.25, -0.2) is 9.48 Å². The lowest BCUT2D eigenvalue weighted by Gasteiger charge is -2.25. The van der Waals surface area contributed by atoms with Crippen LogP contribution in [0.15, 0.2) is 48.7 Å². The van der Waals surface area contributed by atoms with Gasteiger partial charge in [0.05, 0.1) is 31.0 Å². The van der Waals surface area contributed by atoms with Crippen molar-refractivity contribution < 1.29 is 24.2 Å². The number of hydrogen-bond acceptors (Lipinski definition) is 5. The lowest BCUT2D eigenvalue weighted by molar-refractivity contribution is -0.125. The Kier molecular flexibility index (Phi) is 5.35. The van der Waals surface area contributed by atoms with Crippen molar-refractivity contribution in [2.75, 3.05) is 17.7 Å². The zero-order valence-corrected chi connectivity index (χ0v) is 17.0. The van der Waals surface area contributed by atoms with Gasteiger partial charge in [0, 0.05) is 10.6 Å². The zero-order valence-electron chi connectivity index (χ0n) is 16.3. The molecule has 3 aromatic rings. The van der Waals surface area contributed by atoms with Crippen LogP contribution < -0.4 is 15.4 Å². The maximum absolute atomic E-state index is 13.0. The normalized spacial score (nSPS) is 15.0. The number of carboxylic acids is 1. The van der Waals surface area contributed by atoms with Gasteiger partial charge in [-0.05, 0) is 35.9 Å². The summed E-state index contributed by atoms with van der Waals surface area (Å²) in [6.07, 6.45) is 1.44. The van der Waals surface area contributed by atoms with E-state index in [9.17, 15) is 19.5 Å². The number of methoxy groups -OCH3 is 1. The summed E-state index contributed by atoms with van der Waals surface area (Å²) in [6, 6.07) is 10.2. The number of amides is 2. The first-order chi connectivity index (χ1) is 14.9. The van der Waals surface area contributed by atoms with Crippen LogP contribution in [0.25, 0.3) is 11.1 Å². The first kappa shape index (κ1) is 20.4. The number of rotatable bonds is 5. The molecule has 0 saturated heterocycles. The number of hydrogen-bond donors (Lipinski definition) is 3. The molecule has 1 atom stereocenters. The van der Waals surface area contributed by atoms with Crippen molar-refractivity contribution >= 4 is 40.9 Å². The van der Waals surface area contributed by atoms with Gasteiger partial charge in [0.1, 0.15) is 17.6 Å². The van der Waals surface area contributed by atoms with Crippen molar-refractivity contribution in [1.82, 2.24) is 9.78 Å². The first-order valence-corrected chi connectivity index (χ1v) is 9.60. The van der Waals surface area contributed by atoms with Gasteiger partial charge in [-0.3, -0.25) is 9.59 Å². The van der Waals surface area contributed by atoms with Crippen LogP contribution in [0.5, 0.6) is 5.75 Å². The van der Waals surface area contributed by atoms with E-state index in [0.717, 1.165) is 5.56 Å². The third kappa shape index (κ3) is 3.95. The highest BCUT2D eigenvalue weighted by atomic mass is 35.5. The van der Waals surface area contributed by atoms with E-state index >= 15 is 0 Å². The smallest absolute Gasteiger partial charge is 0.335 e. The third-order valence-corrected chi connectivity index (χ3v) is 5.14. The van der Waals surface area contributed by atoms with Crippen LogP contribution in [0.3, 0.4) is 0 Å². The van der Waals surface area contributed by atoms with Crippen LogP contribution in [-0.2, 0) is 9.59 Å². The Morgan fingerprint density at radius 2 is 2.00 bits per heavy atom. The molecule has 1 unspecified atom stereocenters. The molecule has 1 aliphatic heterocycles. The number of benzene rings is 2. The Hall–Kier alpha value is -3.85. The fourth-order valence-electron chi connectivity index (χ4n) is 3.37. The molecule has 0 fully saturated rings. The molecule has 1 aromatic heterocycles. The van der Waals surface area contributed by atoms with E-state index in [1.807, 2.05) is 0 Å². The van der Waals surface area contributed by atoms with Crippen LogP contribution in [0.2, 0.25) is 5.02 Å². The number of aromatic nitrogens is 2. The molecule has 0 bridgehead atoms. The summed E-state index contributed by atoms with van der Waals surface area (Å²) in [5.74, 6) is -1.32. The predicted octanol–water partition coefficient (Wildman–Crippen LogP) is 3.43. The summed E-state index contributed by atoms with van der Waals surface area (Å²) in [4.78, 5) is 36.7. The molecule has 31 heavy (non-hydrogen) atoms. The van der Waals surface area contributed by atoms with Gasteiger partial charge >= 0.3 is 5.97 Å². The molecular formula is C21H17ClN4O5. The van der Waals surface area contributed by atoms with Gasteiger partial charge in [0.15, 0.2) is 0 Å². The average Bonchev–Trinajstić information content (AvgIpc) is 3.17. The molecule has 1 aliphatic rings. The summed E-state index contributed by atoms with van der Waals surface area (Å²) in [5.41, 5.74) is 1.60. The monoisotopic (exact) mass is 440 g/mol. The van der Waals surface area contributed by atoms with Crippen molar-refractivity contribution in [2.24, 2.45) is 0 Å². The molecule has 3 N–H and O–H groups in total. The zero-order chi connectivity index (χ0) is 22.1. The molecule has 158 valence electrons. The first-order valence-electron chi connectivity index (χ1n) is 9.23. The Morgan fingerprint density at radius 3 is 2.68 bits per heavy atom. The van der Waals surface area contributed by atoms with Crippen molar-refractivity contribution in [1.29, 1.82) is 0 Å². The molecule has 0 saturated carbocycles. The van der Waals surface area contributed by atoms with Gasteiger partial charge in [-0.1, -0.05) is 23.7 Å². The van der Waals surface area contributed by atoms with Gasteiger partial charge < -0.3 is 20.5 Å².